The van der Waals surface area contributed by atoms with Gasteiger partial charge in [0.1, 0.15) is 11.0 Å². The number of carbonyl (C=O) groups is 1. The predicted octanol–water partition coefficient (Wildman–Crippen LogP) is 5.66. The zero-order valence-corrected chi connectivity index (χ0v) is 15.0. The maximum Gasteiger partial charge on any atom is 0.257 e. The van der Waals surface area contributed by atoms with Crippen LogP contribution < -0.4 is 0 Å². The van der Waals surface area contributed by atoms with Crippen molar-refractivity contribution in [1.82, 2.24) is 9.97 Å². The van der Waals surface area contributed by atoms with Crippen molar-refractivity contribution < 1.29 is 9.21 Å². The van der Waals surface area contributed by atoms with Gasteiger partial charge in [-0.3, -0.25) is 9.78 Å². The van der Waals surface area contributed by atoms with Gasteiger partial charge in [-0.2, -0.15) is 0 Å². The van der Waals surface area contributed by atoms with Crippen molar-refractivity contribution in [1.29, 1.82) is 0 Å². The zero-order valence-electron chi connectivity index (χ0n) is 12.7. The van der Waals surface area contributed by atoms with Crippen molar-refractivity contribution in [3.05, 3.63) is 64.3 Å². The summed E-state index contributed by atoms with van der Waals surface area (Å²) in [5.41, 5.74) is 2.45. The quantitative estimate of drug-likeness (QED) is 0.333. The summed E-state index contributed by atoms with van der Waals surface area (Å²) in [7, 11) is 0. The molecule has 0 fully saturated rings. The minimum atomic E-state index is -0.0232. The number of oxazole rings is 1. The average Bonchev–Trinajstić information content (AvgIpc) is 3.03. The summed E-state index contributed by atoms with van der Waals surface area (Å²) in [5.74, 6) is 0.193. The van der Waals surface area contributed by atoms with Gasteiger partial charge in [-0.15, -0.1) is 0 Å². The number of nitrogens with zero attached hydrogens (tertiary/aromatic N) is 2. The number of halogens is 2. The van der Waals surface area contributed by atoms with E-state index in [9.17, 15) is 4.79 Å². The van der Waals surface area contributed by atoms with Gasteiger partial charge < -0.3 is 4.42 Å². The third-order valence-electron chi connectivity index (χ3n) is 3.67. The molecule has 25 heavy (non-hydrogen) atoms. The Kier molecular flexibility index (Phi) is 4.37. The van der Waals surface area contributed by atoms with Gasteiger partial charge in [-0.25, -0.2) is 4.98 Å². The lowest BCUT2D eigenvalue weighted by Crippen LogP contribution is -2.01. The molecule has 7 heteroatoms. The number of aromatic nitrogens is 2. The Morgan fingerprint density at radius 3 is 2.76 bits per heavy atom. The number of hydrogen-bond acceptors (Lipinski definition) is 5. The molecule has 4 rings (SSSR count). The first-order valence-electron chi connectivity index (χ1n) is 7.37. The molecule has 0 radical (unpaired) electrons. The van der Waals surface area contributed by atoms with E-state index < -0.39 is 0 Å². The lowest BCUT2D eigenvalue weighted by molar-refractivity contribution is 0.102. The normalized spacial score (nSPS) is 11.3. The van der Waals surface area contributed by atoms with Crippen molar-refractivity contribution in [3.8, 4) is 0 Å². The molecule has 0 spiro atoms. The molecule has 2 aromatic carbocycles. The summed E-state index contributed by atoms with van der Waals surface area (Å²) in [4.78, 5) is 21.0. The van der Waals surface area contributed by atoms with Crippen molar-refractivity contribution >= 4 is 62.7 Å². The molecule has 0 atom stereocenters. The van der Waals surface area contributed by atoms with Gasteiger partial charge in [0.25, 0.3) is 5.22 Å². The van der Waals surface area contributed by atoms with Gasteiger partial charge >= 0.3 is 0 Å². The van der Waals surface area contributed by atoms with E-state index in [1.807, 2.05) is 12.1 Å². The second-order valence-electron chi connectivity index (χ2n) is 5.30. The van der Waals surface area contributed by atoms with E-state index in [0.29, 0.717) is 37.4 Å². The number of fused-ring (bicyclic) bond motifs is 3. The number of thioether (sulfide) groups is 1. The first-order valence-corrected chi connectivity index (χ1v) is 9.11. The summed E-state index contributed by atoms with van der Waals surface area (Å²) in [6, 6.07) is 12.2. The Balaban J connectivity index is 1.61. The van der Waals surface area contributed by atoms with Gasteiger partial charge in [0.05, 0.1) is 10.8 Å². The highest BCUT2D eigenvalue weighted by atomic mass is 35.5. The topological polar surface area (TPSA) is 56.0 Å². The van der Waals surface area contributed by atoms with E-state index in [-0.39, 0.29) is 11.5 Å². The van der Waals surface area contributed by atoms with Crippen LogP contribution in [0, 0.1) is 0 Å². The predicted molar refractivity (Wildman–Crippen MR) is 101 cm³/mol. The molecule has 2 heterocycles. The van der Waals surface area contributed by atoms with Crippen LogP contribution in [-0.4, -0.2) is 21.5 Å². The molecule has 124 valence electrons. The maximum atomic E-state index is 12.2. The number of rotatable bonds is 4. The van der Waals surface area contributed by atoms with Crippen molar-refractivity contribution in [2.45, 2.75) is 5.22 Å². The van der Waals surface area contributed by atoms with E-state index >= 15 is 0 Å². The second-order valence-corrected chi connectivity index (χ2v) is 7.07. The first kappa shape index (κ1) is 16.4. The number of carbonyl (C=O) groups excluding carboxylic acids is 1. The Labute approximate surface area is 157 Å². The molecule has 0 unspecified atom stereocenters. The monoisotopic (exact) mass is 388 g/mol. The molecule has 0 amide bonds. The molecule has 4 nitrogen and oxygen atoms in total. The summed E-state index contributed by atoms with van der Waals surface area (Å²) in [6.45, 7) is 0. The van der Waals surface area contributed by atoms with Crippen molar-refractivity contribution in [2.75, 3.05) is 5.75 Å². The van der Waals surface area contributed by atoms with Crippen LogP contribution in [0.15, 0.2) is 58.3 Å². The highest BCUT2D eigenvalue weighted by molar-refractivity contribution is 7.99. The molecule has 2 aromatic heterocycles. The van der Waals surface area contributed by atoms with Gasteiger partial charge in [-0.05, 0) is 42.5 Å². The molecule has 0 N–H and O–H groups in total. The van der Waals surface area contributed by atoms with Crippen LogP contribution in [-0.2, 0) is 0 Å². The molecule has 0 aliphatic heterocycles. The maximum absolute atomic E-state index is 12.2. The second kappa shape index (κ2) is 6.67. The van der Waals surface area contributed by atoms with Crippen LogP contribution in [0.1, 0.15) is 10.4 Å². The van der Waals surface area contributed by atoms with Gasteiger partial charge in [-0.1, -0.05) is 35.0 Å². The standard InChI is InChI=1S/C18H10Cl2N2O2S/c19-11-5-3-10(4-6-11)15(23)9-25-18-22-14-8-13(20)12-2-1-7-21-16(12)17(14)24-18/h1-8H,9H2. The Morgan fingerprint density at radius 2 is 1.96 bits per heavy atom. The Bertz CT molecular complexity index is 1090. The fourth-order valence-corrected chi connectivity index (χ4v) is 3.57. The van der Waals surface area contributed by atoms with E-state index in [4.69, 9.17) is 27.6 Å². The van der Waals surface area contributed by atoms with Gasteiger partial charge in [0.2, 0.25) is 0 Å². The number of Topliss-reactive ketones (excluding diaryl/α,β-unsaturated/α-hetero) is 1. The molecule has 0 saturated carbocycles. The number of pyridine rings is 1. The van der Waals surface area contributed by atoms with Crippen molar-refractivity contribution in [2.24, 2.45) is 0 Å². The summed E-state index contributed by atoms with van der Waals surface area (Å²) >= 11 is 13.3. The smallest absolute Gasteiger partial charge is 0.257 e. The van der Waals surface area contributed by atoms with E-state index in [2.05, 4.69) is 9.97 Å². The Morgan fingerprint density at radius 1 is 1.16 bits per heavy atom. The molecule has 0 bridgehead atoms. The van der Waals surface area contributed by atoms with E-state index in [1.165, 1.54) is 11.8 Å². The minimum Gasteiger partial charge on any atom is -0.429 e. The Hall–Kier alpha value is -2.08. The van der Waals surface area contributed by atoms with Crippen molar-refractivity contribution in [3.63, 3.8) is 0 Å². The van der Waals surface area contributed by atoms with Crippen LogP contribution in [0.5, 0.6) is 0 Å². The highest BCUT2D eigenvalue weighted by Gasteiger charge is 2.15. The minimum absolute atomic E-state index is 0.0232. The van der Waals surface area contributed by atoms with Gasteiger partial charge in [0.15, 0.2) is 11.4 Å². The first-order chi connectivity index (χ1) is 12.1. The van der Waals surface area contributed by atoms with E-state index in [0.717, 1.165) is 5.39 Å². The van der Waals surface area contributed by atoms with Crippen LogP contribution in [0.2, 0.25) is 10.0 Å². The number of hydrogen-bond donors (Lipinski definition) is 0. The highest BCUT2D eigenvalue weighted by Crippen LogP contribution is 2.33. The fourth-order valence-electron chi connectivity index (χ4n) is 2.46. The molecule has 0 aliphatic rings. The largest absolute Gasteiger partial charge is 0.429 e. The molecule has 4 aromatic rings. The SMILES string of the molecule is O=C(CSc1nc2cc(Cl)c3cccnc3c2o1)c1ccc(Cl)cc1. The lowest BCUT2D eigenvalue weighted by atomic mass is 10.1. The van der Waals surface area contributed by atoms with Gasteiger partial charge in [0, 0.05) is 22.2 Å². The van der Waals surface area contributed by atoms with Crippen LogP contribution >= 0.6 is 35.0 Å². The molecule has 0 aliphatic carbocycles. The number of ketones is 1. The third-order valence-corrected chi connectivity index (χ3v) is 5.06. The average molecular weight is 389 g/mol. The molecular formula is C18H10Cl2N2O2S. The van der Waals surface area contributed by atoms with E-state index in [1.54, 1.807) is 36.5 Å². The lowest BCUT2D eigenvalue weighted by Gasteiger charge is -1.99. The summed E-state index contributed by atoms with van der Waals surface area (Å²) < 4.78 is 5.80. The molecular weight excluding hydrogens is 379 g/mol. The van der Waals surface area contributed by atoms with Crippen LogP contribution in [0.25, 0.3) is 22.0 Å². The zero-order chi connectivity index (χ0) is 17.4. The van der Waals surface area contributed by atoms with Crippen LogP contribution in [0.3, 0.4) is 0 Å². The molecule has 0 saturated heterocycles. The number of benzene rings is 2. The summed E-state index contributed by atoms with van der Waals surface area (Å²) in [5, 5.41) is 2.38. The summed E-state index contributed by atoms with van der Waals surface area (Å²) in [6.07, 6.45) is 1.68. The fraction of sp³-hybridized carbons (Fsp3) is 0.0556. The van der Waals surface area contributed by atoms with Crippen LogP contribution in [0.4, 0.5) is 0 Å². The third kappa shape index (κ3) is 3.23.